The molecule has 2 aromatic rings. The van der Waals surface area contributed by atoms with E-state index in [9.17, 15) is 23.3 Å². The highest BCUT2D eigenvalue weighted by molar-refractivity contribution is 7.92. The molecule has 2 rings (SSSR count). The van der Waals surface area contributed by atoms with Gasteiger partial charge in [-0.05, 0) is 42.7 Å². The molecule has 0 heterocycles. The molecule has 0 radical (unpaired) electrons. The van der Waals surface area contributed by atoms with Crippen LogP contribution in [-0.4, -0.2) is 38.3 Å². The lowest BCUT2D eigenvalue weighted by Crippen LogP contribution is -2.39. The van der Waals surface area contributed by atoms with Gasteiger partial charge in [-0.2, -0.15) is 5.10 Å². The Bertz CT molecular complexity index is 997. The van der Waals surface area contributed by atoms with Crippen LogP contribution in [0.3, 0.4) is 0 Å². The van der Waals surface area contributed by atoms with Gasteiger partial charge >= 0.3 is 0 Å². The molecule has 0 aromatic heterocycles. The number of carbonyl (C=O) groups excluding carboxylic acids is 1. The third kappa shape index (κ3) is 5.36. The molecule has 0 unspecified atom stereocenters. The summed E-state index contributed by atoms with van der Waals surface area (Å²) in [6.45, 7) is 3.11. The van der Waals surface area contributed by atoms with E-state index >= 15 is 0 Å². The Morgan fingerprint density at radius 3 is 2.25 bits per heavy atom. The van der Waals surface area contributed by atoms with Gasteiger partial charge in [-0.1, -0.05) is 18.2 Å². The van der Waals surface area contributed by atoms with Gasteiger partial charge in [0, 0.05) is 12.1 Å². The Morgan fingerprint density at radius 2 is 1.75 bits per heavy atom. The number of nitro groups is 1. The van der Waals surface area contributed by atoms with Crippen molar-refractivity contribution in [1.29, 1.82) is 0 Å². The highest BCUT2D eigenvalue weighted by atomic mass is 32.2. The van der Waals surface area contributed by atoms with Gasteiger partial charge in [0.25, 0.3) is 11.6 Å². The molecule has 1 amide bonds. The second kappa shape index (κ2) is 8.61. The first-order chi connectivity index (χ1) is 13.1. The second-order valence-electron chi connectivity index (χ2n) is 6.15. The van der Waals surface area contributed by atoms with Crippen molar-refractivity contribution in [3.05, 3.63) is 69.3 Å². The molecule has 2 aromatic carbocycles. The average Bonchev–Trinajstić information content (AvgIpc) is 2.60. The fourth-order valence-corrected chi connectivity index (χ4v) is 3.56. The third-order valence-corrected chi connectivity index (χ3v) is 5.00. The number of hydrogen-bond donors (Lipinski definition) is 1. The van der Waals surface area contributed by atoms with Crippen LogP contribution in [0.25, 0.3) is 0 Å². The standard InChI is InChI=1S/C18H20N4O5S/c1-13-5-4-6-14(2)18(13)21(28(3,26)27)12-17(23)20-19-11-15-7-9-16(10-8-15)22(24)25/h4-11H,12H2,1-3H3,(H,20,23)/b19-11-. The number of hydrazone groups is 1. The number of amides is 1. The van der Waals surface area contributed by atoms with Crippen LogP contribution in [0.5, 0.6) is 0 Å². The summed E-state index contributed by atoms with van der Waals surface area (Å²) in [6.07, 6.45) is 2.34. The molecule has 10 heteroatoms. The molecule has 0 saturated carbocycles. The van der Waals surface area contributed by atoms with Gasteiger partial charge in [-0.15, -0.1) is 0 Å². The van der Waals surface area contributed by atoms with Crippen molar-refractivity contribution in [2.45, 2.75) is 13.8 Å². The topological polar surface area (TPSA) is 122 Å². The largest absolute Gasteiger partial charge is 0.271 e. The number of sulfonamides is 1. The first-order valence-electron chi connectivity index (χ1n) is 8.20. The van der Waals surface area contributed by atoms with E-state index in [0.29, 0.717) is 11.3 Å². The van der Waals surface area contributed by atoms with E-state index in [1.807, 2.05) is 6.07 Å². The maximum Gasteiger partial charge on any atom is 0.269 e. The molecule has 28 heavy (non-hydrogen) atoms. The Morgan fingerprint density at radius 1 is 1.18 bits per heavy atom. The zero-order valence-electron chi connectivity index (χ0n) is 15.6. The Balaban J connectivity index is 2.11. The summed E-state index contributed by atoms with van der Waals surface area (Å²) in [4.78, 5) is 22.3. The summed E-state index contributed by atoms with van der Waals surface area (Å²) in [5, 5.41) is 14.4. The first kappa shape index (κ1) is 21.0. The van der Waals surface area contributed by atoms with Gasteiger partial charge in [0.15, 0.2) is 0 Å². The van der Waals surface area contributed by atoms with Crippen molar-refractivity contribution in [1.82, 2.24) is 5.43 Å². The number of hydrogen-bond acceptors (Lipinski definition) is 6. The normalized spacial score (nSPS) is 11.4. The van der Waals surface area contributed by atoms with Gasteiger partial charge in [-0.25, -0.2) is 13.8 Å². The molecule has 0 aliphatic heterocycles. The van der Waals surface area contributed by atoms with Gasteiger partial charge in [0.2, 0.25) is 10.0 Å². The summed E-state index contributed by atoms with van der Waals surface area (Å²) in [6, 6.07) is 10.9. The number of nitrogens with one attached hydrogen (secondary N) is 1. The summed E-state index contributed by atoms with van der Waals surface area (Å²) >= 11 is 0. The van der Waals surface area contributed by atoms with Gasteiger partial charge < -0.3 is 0 Å². The molecule has 0 atom stereocenters. The van der Waals surface area contributed by atoms with E-state index in [-0.39, 0.29) is 5.69 Å². The molecule has 0 spiro atoms. The van der Waals surface area contributed by atoms with Crippen LogP contribution >= 0.6 is 0 Å². The van der Waals surface area contributed by atoms with Crippen molar-refractivity contribution in [3.8, 4) is 0 Å². The maximum atomic E-state index is 12.2. The van der Waals surface area contributed by atoms with Crippen molar-refractivity contribution in [2.75, 3.05) is 17.1 Å². The number of para-hydroxylation sites is 1. The highest BCUT2D eigenvalue weighted by Crippen LogP contribution is 2.26. The number of nitro benzene ring substituents is 1. The van der Waals surface area contributed by atoms with Crippen LogP contribution in [0.1, 0.15) is 16.7 Å². The van der Waals surface area contributed by atoms with Crippen LogP contribution in [-0.2, 0) is 14.8 Å². The number of anilines is 1. The molecule has 0 fully saturated rings. The number of aryl methyl sites for hydroxylation is 2. The maximum absolute atomic E-state index is 12.2. The molecular weight excluding hydrogens is 384 g/mol. The molecule has 0 aliphatic rings. The molecule has 0 bridgehead atoms. The van der Waals surface area contributed by atoms with E-state index in [4.69, 9.17) is 0 Å². The van der Waals surface area contributed by atoms with E-state index in [1.165, 1.54) is 30.5 Å². The van der Waals surface area contributed by atoms with Crippen molar-refractivity contribution in [2.24, 2.45) is 5.10 Å². The van der Waals surface area contributed by atoms with Crippen LogP contribution in [0, 0.1) is 24.0 Å². The van der Waals surface area contributed by atoms with Crippen molar-refractivity contribution < 1.29 is 18.1 Å². The van der Waals surface area contributed by atoms with E-state index in [2.05, 4.69) is 10.5 Å². The SMILES string of the molecule is Cc1cccc(C)c1N(CC(=O)N/N=C\c1ccc([N+](=O)[O-])cc1)S(C)(=O)=O. The Kier molecular flexibility index (Phi) is 6.47. The van der Waals surface area contributed by atoms with Crippen LogP contribution in [0.15, 0.2) is 47.6 Å². The van der Waals surface area contributed by atoms with Gasteiger partial charge in [0.1, 0.15) is 6.54 Å². The minimum Gasteiger partial charge on any atom is -0.271 e. The minimum atomic E-state index is -3.69. The number of nitrogens with zero attached hydrogens (tertiary/aromatic N) is 3. The smallest absolute Gasteiger partial charge is 0.269 e. The lowest BCUT2D eigenvalue weighted by molar-refractivity contribution is -0.384. The summed E-state index contributed by atoms with van der Waals surface area (Å²) < 4.78 is 25.4. The predicted molar refractivity (Wildman–Crippen MR) is 107 cm³/mol. The molecular formula is C18H20N4O5S. The summed E-state index contributed by atoms with van der Waals surface area (Å²) in [5.74, 6) is -0.619. The molecule has 1 N–H and O–H groups in total. The van der Waals surface area contributed by atoms with Crippen LogP contribution in [0.2, 0.25) is 0 Å². The monoisotopic (exact) mass is 404 g/mol. The molecule has 148 valence electrons. The third-order valence-electron chi connectivity index (χ3n) is 3.88. The number of benzene rings is 2. The first-order valence-corrected chi connectivity index (χ1v) is 10.0. The van der Waals surface area contributed by atoms with E-state index < -0.39 is 27.4 Å². The molecule has 9 nitrogen and oxygen atoms in total. The number of rotatable bonds is 7. The fourth-order valence-electron chi connectivity index (χ4n) is 2.59. The highest BCUT2D eigenvalue weighted by Gasteiger charge is 2.23. The second-order valence-corrected chi connectivity index (χ2v) is 8.06. The summed E-state index contributed by atoms with van der Waals surface area (Å²) in [7, 11) is -3.69. The Hall–Kier alpha value is -3.27. The number of carbonyl (C=O) groups is 1. The van der Waals surface area contributed by atoms with Crippen molar-refractivity contribution >= 4 is 33.5 Å². The van der Waals surface area contributed by atoms with Gasteiger partial charge in [-0.3, -0.25) is 19.2 Å². The van der Waals surface area contributed by atoms with Crippen LogP contribution in [0.4, 0.5) is 11.4 Å². The average molecular weight is 404 g/mol. The zero-order chi connectivity index (χ0) is 20.9. The van der Waals surface area contributed by atoms with E-state index in [0.717, 1.165) is 21.7 Å². The van der Waals surface area contributed by atoms with E-state index in [1.54, 1.807) is 26.0 Å². The minimum absolute atomic E-state index is 0.0569. The Labute approximate surface area is 162 Å². The zero-order valence-corrected chi connectivity index (χ0v) is 16.4. The summed E-state index contributed by atoms with van der Waals surface area (Å²) in [5.41, 5.74) is 4.67. The predicted octanol–water partition coefficient (Wildman–Crippen LogP) is 2.13. The molecule has 0 saturated heterocycles. The molecule has 0 aliphatic carbocycles. The fraction of sp³-hybridized carbons (Fsp3) is 0.222. The lowest BCUT2D eigenvalue weighted by atomic mass is 10.1. The van der Waals surface area contributed by atoms with Gasteiger partial charge in [0.05, 0.1) is 23.1 Å². The quantitative estimate of drug-likeness (QED) is 0.430. The number of non-ortho nitro benzene ring substituents is 1. The van der Waals surface area contributed by atoms with Crippen LogP contribution < -0.4 is 9.73 Å². The lowest BCUT2D eigenvalue weighted by Gasteiger charge is -2.25. The van der Waals surface area contributed by atoms with Crippen molar-refractivity contribution in [3.63, 3.8) is 0 Å².